The zero-order valence-electron chi connectivity index (χ0n) is 13.3. The van der Waals surface area contributed by atoms with Crippen LogP contribution in [0.1, 0.15) is 24.5 Å². The van der Waals surface area contributed by atoms with Crippen LogP contribution in [0.2, 0.25) is 0 Å². The van der Waals surface area contributed by atoms with E-state index in [4.69, 9.17) is 4.74 Å². The first-order valence-corrected chi connectivity index (χ1v) is 7.67. The number of rotatable bonds is 1. The molecule has 2 rings (SSSR count). The molecule has 0 aromatic heterocycles. The van der Waals surface area contributed by atoms with Gasteiger partial charge in [0.05, 0.1) is 18.2 Å². The molecule has 1 saturated heterocycles. The molecule has 0 unspecified atom stereocenters. The number of halogens is 3. The molecule has 0 saturated carbocycles. The first-order chi connectivity index (χ1) is 11.4. The van der Waals surface area contributed by atoms with Crippen molar-refractivity contribution in [2.24, 2.45) is 0 Å². The van der Waals surface area contributed by atoms with Crippen LogP contribution in [0.4, 0.5) is 18.0 Å². The van der Waals surface area contributed by atoms with Crippen molar-refractivity contribution in [1.82, 2.24) is 10.2 Å². The molecule has 1 N–H and O–H groups in total. The summed E-state index contributed by atoms with van der Waals surface area (Å²) in [5.74, 6) is 5.30. The Morgan fingerprint density at radius 1 is 1.46 bits per heavy atom. The molecule has 4 nitrogen and oxygen atoms in total. The van der Waals surface area contributed by atoms with Crippen LogP contribution in [0.3, 0.4) is 0 Å². The smallest absolute Gasteiger partial charge is 0.377 e. The normalized spacial score (nSPS) is 18.3. The summed E-state index contributed by atoms with van der Waals surface area (Å²) in [6.45, 7) is 3.71. The lowest BCUT2D eigenvalue weighted by molar-refractivity contribution is -0.137. The molecule has 7 heteroatoms. The average molecular weight is 340 g/mol. The fraction of sp³-hybridized carbons (Fsp3) is 0.471. The van der Waals surface area contributed by atoms with E-state index in [2.05, 4.69) is 17.2 Å². The molecular weight excluding hydrogens is 321 g/mol. The second-order valence-corrected chi connectivity index (χ2v) is 5.52. The van der Waals surface area contributed by atoms with Crippen LogP contribution in [-0.2, 0) is 10.9 Å². The molecule has 1 aliphatic heterocycles. The van der Waals surface area contributed by atoms with Crippen molar-refractivity contribution in [3.63, 3.8) is 0 Å². The summed E-state index contributed by atoms with van der Waals surface area (Å²) in [7, 11) is 0. The molecule has 0 aliphatic carbocycles. The van der Waals surface area contributed by atoms with Gasteiger partial charge in [-0.15, -0.1) is 0 Å². The van der Waals surface area contributed by atoms with Crippen molar-refractivity contribution >= 4 is 6.03 Å². The van der Waals surface area contributed by atoms with Crippen LogP contribution in [0.15, 0.2) is 24.3 Å². The number of carbonyl (C=O) groups excluding carboxylic acids is 1. The number of nitrogens with zero attached hydrogens (tertiary/aromatic N) is 1. The molecule has 24 heavy (non-hydrogen) atoms. The predicted octanol–water partition coefficient (Wildman–Crippen LogP) is 2.88. The third-order valence-corrected chi connectivity index (χ3v) is 3.49. The molecule has 1 heterocycles. The van der Waals surface area contributed by atoms with E-state index in [9.17, 15) is 18.0 Å². The van der Waals surface area contributed by atoms with E-state index >= 15 is 0 Å². The van der Waals surface area contributed by atoms with Crippen molar-refractivity contribution in [2.75, 3.05) is 26.2 Å². The monoisotopic (exact) mass is 340 g/mol. The summed E-state index contributed by atoms with van der Waals surface area (Å²) in [6.07, 6.45) is -3.64. The van der Waals surface area contributed by atoms with E-state index in [0.717, 1.165) is 18.6 Å². The first-order valence-electron chi connectivity index (χ1n) is 7.67. The van der Waals surface area contributed by atoms with Crippen LogP contribution >= 0.6 is 0 Å². The number of hydrogen-bond acceptors (Lipinski definition) is 2. The highest BCUT2D eigenvalue weighted by Gasteiger charge is 2.30. The lowest BCUT2D eigenvalue weighted by Gasteiger charge is -2.21. The van der Waals surface area contributed by atoms with Crippen LogP contribution in [0.25, 0.3) is 0 Å². The summed E-state index contributed by atoms with van der Waals surface area (Å²) in [6, 6.07) is 4.55. The Morgan fingerprint density at radius 3 is 3.00 bits per heavy atom. The fourth-order valence-electron chi connectivity index (χ4n) is 2.33. The van der Waals surface area contributed by atoms with Gasteiger partial charge in [-0.1, -0.05) is 17.9 Å². The van der Waals surface area contributed by atoms with Gasteiger partial charge in [0.25, 0.3) is 0 Å². The van der Waals surface area contributed by atoms with Gasteiger partial charge in [0, 0.05) is 25.3 Å². The number of ether oxygens (including phenoxy) is 1. The molecule has 0 radical (unpaired) electrons. The minimum absolute atomic E-state index is 0.0190. The Morgan fingerprint density at radius 2 is 2.25 bits per heavy atom. The second-order valence-electron chi connectivity index (χ2n) is 5.52. The quantitative estimate of drug-likeness (QED) is 0.799. The lowest BCUT2D eigenvalue weighted by atomic mass is 10.1. The summed E-state index contributed by atoms with van der Waals surface area (Å²) >= 11 is 0. The second kappa shape index (κ2) is 8.06. The summed E-state index contributed by atoms with van der Waals surface area (Å²) in [5.41, 5.74) is -0.479. The van der Waals surface area contributed by atoms with Gasteiger partial charge < -0.3 is 15.0 Å². The van der Waals surface area contributed by atoms with Gasteiger partial charge in [-0.3, -0.25) is 0 Å². The highest BCUT2D eigenvalue weighted by atomic mass is 19.4. The number of carbonyl (C=O) groups is 1. The molecule has 1 aliphatic rings. The number of urea groups is 1. The molecule has 2 amide bonds. The van der Waals surface area contributed by atoms with E-state index in [0.29, 0.717) is 19.7 Å². The van der Waals surface area contributed by atoms with Gasteiger partial charge >= 0.3 is 12.2 Å². The predicted molar refractivity (Wildman–Crippen MR) is 83.3 cm³/mol. The molecule has 1 aromatic carbocycles. The largest absolute Gasteiger partial charge is 0.416 e. The number of hydrogen-bond donors (Lipinski definition) is 1. The summed E-state index contributed by atoms with van der Waals surface area (Å²) < 4.78 is 43.3. The van der Waals surface area contributed by atoms with Crippen molar-refractivity contribution in [1.29, 1.82) is 0 Å². The molecule has 1 aromatic rings. The van der Waals surface area contributed by atoms with Crippen LogP contribution < -0.4 is 5.32 Å². The highest BCUT2D eigenvalue weighted by molar-refractivity contribution is 5.74. The fourth-order valence-corrected chi connectivity index (χ4v) is 2.33. The van der Waals surface area contributed by atoms with Crippen LogP contribution in [0, 0.1) is 11.8 Å². The molecular formula is C17H19F3N2O2. The Balaban J connectivity index is 1.88. The summed E-state index contributed by atoms with van der Waals surface area (Å²) in [4.78, 5) is 13.7. The third-order valence-electron chi connectivity index (χ3n) is 3.49. The van der Waals surface area contributed by atoms with Gasteiger partial charge in [-0.2, -0.15) is 13.2 Å². The number of nitrogens with one attached hydrogen (secondary N) is 1. The Hall–Kier alpha value is -2.20. The number of amides is 2. The number of benzene rings is 1. The molecule has 0 spiro atoms. The van der Waals surface area contributed by atoms with Gasteiger partial charge in [0.1, 0.15) is 0 Å². The minimum atomic E-state index is -4.39. The van der Waals surface area contributed by atoms with Crippen LogP contribution in [0.5, 0.6) is 0 Å². The molecule has 130 valence electrons. The van der Waals surface area contributed by atoms with E-state index in [1.165, 1.54) is 12.1 Å². The van der Waals surface area contributed by atoms with E-state index in [-0.39, 0.29) is 24.2 Å². The average Bonchev–Trinajstić information content (AvgIpc) is 2.75. The topological polar surface area (TPSA) is 41.6 Å². The Bertz CT molecular complexity index is 635. The maximum absolute atomic E-state index is 12.6. The maximum Gasteiger partial charge on any atom is 0.416 e. The molecule has 1 fully saturated rings. The van der Waals surface area contributed by atoms with Crippen molar-refractivity contribution in [3.8, 4) is 11.8 Å². The van der Waals surface area contributed by atoms with Crippen LogP contribution in [-0.4, -0.2) is 43.3 Å². The lowest BCUT2D eigenvalue weighted by Crippen LogP contribution is -2.43. The summed E-state index contributed by atoms with van der Waals surface area (Å²) in [5, 5.41) is 2.65. The maximum atomic E-state index is 12.6. The van der Waals surface area contributed by atoms with E-state index in [1.807, 2.05) is 6.92 Å². The van der Waals surface area contributed by atoms with Gasteiger partial charge in [-0.05, 0) is 31.5 Å². The van der Waals surface area contributed by atoms with Gasteiger partial charge in [-0.25, -0.2) is 4.79 Å². The van der Waals surface area contributed by atoms with Crippen molar-refractivity contribution in [3.05, 3.63) is 35.4 Å². The van der Waals surface area contributed by atoms with E-state index in [1.54, 1.807) is 4.90 Å². The van der Waals surface area contributed by atoms with Gasteiger partial charge in [0.2, 0.25) is 0 Å². The molecule has 1 atom stereocenters. The standard InChI is InChI=1S/C17H19F3N2O2/c1-13-12-22(9-4-10-24-13)16(23)21-8-3-6-14-5-2-7-15(11-14)17(18,19)20/h2,5,7,11,13H,4,8-10,12H2,1H3,(H,21,23)/t13-/m0/s1. The zero-order chi connectivity index (χ0) is 17.6. The third kappa shape index (κ3) is 5.46. The SMILES string of the molecule is C[C@H]1CN(C(=O)NCC#Cc2cccc(C(F)(F)F)c2)CCCO1. The Kier molecular flexibility index (Phi) is 6.10. The van der Waals surface area contributed by atoms with Crippen molar-refractivity contribution in [2.45, 2.75) is 25.6 Å². The van der Waals surface area contributed by atoms with E-state index < -0.39 is 11.7 Å². The minimum Gasteiger partial charge on any atom is -0.377 e. The zero-order valence-corrected chi connectivity index (χ0v) is 13.3. The molecule has 0 bridgehead atoms. The highest BCUT2D eigenvalue weighted by Crippen LogP contribution is 2.29. The first kappa shape index (κ1) is 18.1. The van der Waals surface area contributed by atoms with Crippen molar-refractivity contribution < 1.29 is 22.7 Å². The number of alkyl halides is 3. The van der Waals surface area contributed by atoms with Gasteiger partial charge in [0.15, 0.2) is 0 Å². The Labute approximate surface area is 139 Å².